The van der Waals surface area contributed by atoms with Crippen LogP contribution < -0.4 is 0 Å². The van der Waals surface area contributed by atoms with Crippen molar-refractivity contribution in [2.24, 2.45) is 11.8 Å². The van der Waals surface area contributed by atoms with Gasteiger partial charge in [0.05, 0.1) is 18.8 Å². The number of carbonyl (C=O) groups is 1. The van der Waals surface area contributed by atoms with Crippen LogP contribution in [0.2, 0.25) is 0 Å². The molecule has 2 atom stereocenters. The third-order valence-corrected chi connectivity index (χ3v) is 2.43. The van der Waals surface area contributed by atoms with Crippen molar-refractivity contribution in [3.05, 3.63) is 24.0 Å². The van der Waals surface area contributed by atoms with Crippen LogP contribution in [-0.4, -0.2) is 17.7 Å². The van der Waals surface area contributed by atoms with Gasteiger partial charge in [-0.2, -0.15) is 0 Å². The lowest BCUT2D eigenvalue weighted by Crippen LogP contribution is -2.26. The highest BCUT2D eigenvalue weighted by Gasteiger charge is 2.36. The zero-order valence-corrected chi connectivity index (χ0v) is 6.56. The van der Waals surface area contributed by atoms with Gasteiger partial charge in [0, 0.05) is 5.92 Å². The summed E-state index contributed by atoms with van der Waals surface area (Å²) in [5.74, 6) is -0.242. The summed E-state index contributed by atoms with van der Waals surface area (Å²) in [5, 5.41) is 8.92. The van der Waals surface area contributed by atoms with Crippen molar-refractivity contribution in [3.63, 3.8) is 0 Å². The number of cyclic esters (lactones) is 1. The van der Waals surface area contributed by atoms with Crippen molar-refractivity contribution in [2.45, 2.75) is 6.42 Å². The summed E-state index contributed by atoms with van der Waals surface area (Å²) in [6, 6.07) is 0. The van der Waals surface area contributed by atoms with Crippen LogP contribution in [0, 0.1) is 11.8 Å². The van der Waals surface area contributed by atoms with Gasteiger partial charge in [-0.15, -0.1) is 0 Å². The number of hydrogen-bond acceptors (Lipinski definition) is 3. The number of carbonyl (C=O) groups excluding carboxylic acids is 1. The molecule has 3 heteroatoms. The first kappa shape index (κ1) is 7.55. The van der Waals surface area contributed by atoms with Crippen molar-refractivity contribution in [1.29, 1.82) is 0 Å². The number of aliphatic hydroxyl groups excluding tert-OH is 1. The topological polar surface area (TPSA) is 46.5 Å². The summed E-state index contributed by atoms with van der Waals surface area (Å²) in [7, 11) is 0. The molecule has 1 N–H and O–H groups in total. The van der Waals surface area contributed by atoms with Crippen LogP contribution in [0.5, 0.6) is 0 Å². The first-order valence-electron chi connectivity index (χ1n) is 4.00. The molecule has 64 valence electrons. The second-order valence-electron chi connectivity index (χ2n) is 3.08. The lowest BCUT2D eigenvalue weighted by atomic mass is 9.90. The Hall–Kier alpha value is -1.09. The normalized spacial score (nSPS) is 32.8. The highest BCUT2D eigenvalue weighted by molar-refractivity contribution is 5.78. The van der Waals surface area contributed by atoms with E-state index < -0.39 is 0 Å². The average molecular weight is 166 g/mol. The molecule has 0 amide bonds. The fourth-order valence-electron chi connectivity index (χ4n) is 1.78. The minimum Gasteiger partial charge on any atom is -0.434 e. The first-order valence-corrected chi connectivity index (χ1v) is 4.00. The Morgan fingerprint density at radius 3 is 3.25 bits per heavy atom. The van der Waals surface area contributed by atoms with Gasteiger partial charge in [0.2, 0.25) is 0 Å². The summed E-state index contributed by atoms with van der Waals surface area (Å²) in [4.78, 5) is 11.2. The monoisotopic (exact) mass is 166 g/mol. The molecule has 0 aromatic carbocycles. The van der Waals surface area contributed by atoms with E-state index in [0.717, 1.165) is 12.0 Å². The Morgan fingerprint density at radius 1 is 1.67 bits per heavy atom. The number of fused-ring (bicyclic) bond motifs is 1. The van der Waals surface area contributed by atoms with Gasteiger partial charge in [-0.3, -0.25) is 4.79 Å². The largest absolute Gasteiger partial charge is 0.434 e. The zero-order valence-electron chi connectivity index (χ0n) is 6.56. The molecule has 0 saturated heterocycles. The van der Waals surface area contributed by atoms with Gasteiger partial charge in [-0.25, -0.2) is 0 Å². The molecule has 2 aliphatic rings. The van der Waals surface area contributed by atoms with E-state index in [1.807, 2.05) is 12.2 Å². The number of aliphatic hydroxyl groups is 1. The lowest BCUT2D eigenvalue weighted by Gasteiger charge is -2.20. The molecular weight excluding hydrogens is 156 g/mol. The lowest BCUT2D eigenvalue weighted by molar-refractivity contribution is -0.143. The van der Waals surface area contributed by atoms with E-state index in [9.17, 15) is 4.79 Å². The number of ether oxygens (including phenoxy) is 1. The zero-order chi connectivity index (χ0) is 8.55. The highest BCUT2D eigenvalue weighted by atomic mass is 16.5. The van der Waals surface area contributed by atoms with Crippen LogP contribution in [0.1, 0.15) is 6.42 Å². The molecule has 0 unspecified atom stereocenters. The van der Waals surface area contributed by atoms with E-state index in [4.69, 9.17) is 9.84 Å². The molecule has 0 saturated carbocycles. The predicted molar refractivity (Wildman–Crippen MR) is 42.0 cm³/mol. The minimum atomic E-state index is -0.236. The Morgan fingerprint density at radius 2 is 2.50 bits per heavy atom. The van der Waals surface area contributed by atoms with E-state index in [2.05, 4.69) is 0 Å². The number of esters is 1. The van der Waals surface area contributed by atoms with Crippen molar-refractivity contribution in [2.75, 3.05) is 6.61 Å². The molecule has 0 radical (unpaired) electrons. The summed E-state index contributed by atoms with van der Waals surface area (Å²) < 4.78 is 4.75. The maximum absolute atomic E-state index is 11.2. The maximum Gasteiger partial charge on any atom is 0.318 e. The van der Waals surface area contributed by atoms with Crippen LogP contribution in [0.15, 0.2) is 24.0 Å². The highest BCUT2D eigenvalue weighted by Crippen LogP contribution is 2.35. The van der Waals surface area contributed by atoms with Crippen LogP contribution >= 0.6 is 0 Å². The number of rotatable bonds is 1. The smallest absolute Gasteiger partial charge is 0.318 e. The molecule has 2 rings (SSSR count). The van der Waals surface area contributed by atoms with Gasteiger partial charge >= 0.3 is 5.97 Å². The SMILES string of the molecule is O=C1OC=C[C@H]2CC=C(CO)[C@@H]12. The third-order valence-electron chi connectivity index (χ3n) is 2.43. The van der Waals surface area contributed by atoms with Gasteiger partial charge in [-0.05, 0) is 18.1 Å². The van der Waals surface area contributed by atoms with Crippen molar-refractivity contribution in [3.8, 4) is 0 Å². The summed E-state index contributed by atoms with van der Waals surface area (Å²) in [6.07, 6.45) is 6.08. The van der Waals surface area contributed by atoms with E-state index in [1.54, 1.807) is 0 Å². The summed E-state index contributed by atoms with van der Waals surface area (Å²) >= 11 is 0. The summed E-state index contributed by atoms with van der Waals surface area (Å²) in [6.45, 7) is -0.0376. The fraction of sp³-hybridized carbons (Fsp3) is 0.444. The van der Waals surface area contributed by atoms with Crippen LogP contribution in [0.3, 0.4) is 0 Å². The molecule has 12 heavy (non-hydrogen) atoms. The molecule has 1 aliphatic heterocycles. The predicted octanol–water partition coefficient (Wildman–Crippen LogP) is 0.612. The fourth-order valence-corrected chi connectivity index (χ4v) is 1.78. The molecule has 0 fully saturated rings. The molecule has 1 heterocycles. The first-order chi connectivity index (χ1) is 5.83. The Balaban J connectivity index is 2.26. The summed E-state index contributed by atoms with van der Waals surface area (Å²) in [5.41, 5.74) is 0.800. The van der Waals surface area contributed by atoms with Gasteiger partial charge in [0.1, 0.15) is 0 Å². The van der Waals surface area contributed by atoms with Crippen molar-refractivity contribution >= 4 is 5.97 Å². The molecule has 1 aliphatic carbocycles. The Bertz CT molecular complexity index is 265. The van der Waals surface area contributed by atoms with E-state index in [-0.39, 0.29) is 24.4 Å². The number of hydrogen-bond donors (Lipinski definition) is 1. The van der Waals surface area contributed by atoms with Gasteiger partial charge in [0.15, 0.2) is 0 Å². The van der Waals surface area contributed by atoms with Crippen LogP contribution in [-0.2, 0) is 9.53 Å². The van der Waals surface area contributed by atoms with Crippen LogP contribution in [0.25, 0.3) is 0 Å². The second-order valence-corrected chi connectivity index (χ2v) is 3.08. The average Bonchev–Trinajstić information content (AvgIpc) is 2.49. The van der Waals surface area contributed by atoms with Crippen LogP contribution in [0.4, 0.5) is 0 Å². The molecule has 0 spiro atoms. The maximum atomic E-state index is 11.2. The standard InChI is InChI=1S/C9H10O3/c10-5-7-2-1-6-3-4-12-9(11)8(6)7/h2-4,6,8,10H,1,5H2/t6-,8+/m1/s1. The van der Waals surface area contributed by atoms with Crippen molar-refractivity contribution < 1.29 is 14.6 Å². The third kappa shape index (κ3) is 0.975. The van der Waals surface area contributed by atoms with Gasteiger partial charge < -0.3 is 9.84 Å². The van der Waals surface area contributed by atoms with Gasteiger partial charge in [0.25, 0.3) is 0 Å². The van der Waals surface area contributed by atoms with E-state index in [0.29, 0.717) is 0 Å². The second kappa shape index (κ2) is 2.75. The Kier molecular flexibility index (Phi) is 1.73. The molecular formula is C9H10O3. The Labute approximate surface area is 70.3 Å². The molecule has 0 aromatic rings. The number of allylic oxidation sites excluding steroid dienone is 2. The van der Waals surface area contributed by atoms with E-state index in [1.165, 1.54) is 6.26 Å². The van der Waals surface area contributed by atoms with Crippen molar-refractivity contribution in [1.82, 2.24) is 0 Å². The minimum absolute atomic E-state index is 0.0376. The van der Waals surface area contributed by atoms with E-state index >= 15 is 0 Å². The molecule has 0 bridgehead atoms. The molecule has 3 nitrogen and oxygen atoms in total. The molecule has 0 aromatic heterocycles. The quantitative estimate of drug-likeness (QED) is 0.458. The van der Waals surface area contributed by atoms with Gasteiger partial charge in [-0.1, -0.05) is 6.08 Å².